The Morgan fingerprint density at radius 3 is 2.67 bits per heavy atom. The number of hydrogen-bond acceptors (Lipinski definition) is 3. The Bertz CT molecular complexity index is 312. The fourth-order valence-electron chi connectivity index (χ4n) is 1.53. The summed E-state index contributed by atoms with van der Waals surface area (Å²) in [5.74, 6) is 0.938. The van der Waals surface area contributed by atoms with E-state index in [9.17, 15) is 0 Å². The lowest BCUT2D eigenvalue weighted by molar-refractivity contribution is 0.326. The average Bonchev–Trinajstić information content (AvgIpc) is 2.28. The van der Waals surface area contributed by atoms with Crippen LogP contribution in [0.5, 0.6) is 5.75 Å². The van der Waals surface area contributed by atoms with Crippen LogP contribution in [0, 0.1) is 0 Å². The van der Waals surface area contributed by atoms with Crippen LogP contribution >= 0.6 is 0 Å². The standard InChI is InChI=1S/C12H20N2O/c1-4-10-5-6-12(15-3)11(7-10)8-14(2)9-13/h5-7H,4,8-9,13H2,1-3H3. The van der Waals surface area contributed by atoms with Gasteiger partial charge in [-0.15, -0.1) is 0 Å². The molecule has 0 spiro atoms. The summed E-state index contributed by atoms with van der Waals surface area (Å²) in [7, 11) is 3.70. The molecule has 0 aliphatic rings. The van der Waals surface area contributed by atoms with Crippen molar-refractivity contribution in [2.24, 2.45) is 5.73 Å². The molecule has 3 heteroatoms. The zero-order chi connectivity index (χ0) is 11.3. The molecule has 84 valence electrons. The minimum Gasteiger partial charge on any atom is -0.496 e. The molecular weight excluding hydrogens is 188 g/mol. The van der Waals surface area contributed by atoms with E-state index in [4.69, 9.17) is 10.5 Å². The van der Waals surface area contributed by atoms with Crippen LogP contribution in [0.3, 0.4) is 0 Å². The number of ether oxygens (including phenoxy) is 1. The van der Waals surface area contributed by atoms with Gasteiger partial charge in [0.15, 0.2) is 0 Å². The minimum absolute atomic E-state index is 0.555. The monoisotopic (exact) mass is 208 g/mol. The third kappa shape index (κ3) is 3.22. The number of benzene rings is 1. The summed E-state index contributed by atoms with van der Waals surface area (Å²) in [6, 6.07) is 6.31. The molecule has 1 aromatic carbocycles. The second kappa shape index (κ2) is 5.73. The number of nitrogens with zero attached hydrogens (tertiary/aromatic N) is 1. The zero-order valence-corrected chi connectivity index (χ0v) is 9.79. The zero-order valence-electron chi connectivity index (χ0n) is 9.79. The summed E-state index contributed by atoms with van der Waals surface area (Å²) < 4.78 is 5.32. The van der Waals surface area contributed by atoms with E-state index >= 15 is 0 Å². The molecule has 15 heavy (non-hydrogen) atoms. The van der Waals surface area contributed by atoms with Gasteiger partial charge in [-0.1, -0.05) is 19.1 Å². The van der Waals surface area contributed by atoms with Crippen molar-refractivity contribution in [1.29, 1.82) is 0 Å². The number of nitrogens with two attached hydrogens (primary N) is 1. The molecule has 0 bridgehead atoms. The highest BCUT2D eigenvalue weighted by atomic mass is 16.5. The normalized spacial score (nSPS) is 10.7. The van der Waals surface area contributed by atoms with Crippen molar-refractivity contribution in [3.8, 4) is 5.75 Å². The Labute approximate surface area is 91.8 Å². The fraction of sp³-hybridized carbons (Fsp3) is 0.500. The van der Waals surface area contributed by atoms with E-state index in [1.54, 1.807) is 7.11 Å². The Hall–Kier alpha value is -1.06. The van der Waals surface area contributed by atoms with Crippen LogP contribution in [0.4, 0.5) is 0 Å². The molecule has 0 aromatic heterocycles. The fourth-order valence-corrected chi connectivity index (χ4v) is 1.53. The second-order valence-corrected chi connectivity index (χ2v) is 3.70. The van der Waals surface area contributed by atoms with E-state index < -0.39 is 0 Å². The van der Waals surface area contributed by atoms with E-state index in [0.29, 0.717) is 6.67 Å². The summed E-state index contributed by atoms with van der Waals surface area (Å²) in [6.07, 6.45) is 1.04. The first-order valence-corrected chi connectivity index (χ1v) is 5.25. The largest absolute Gasteiger partial charge is 0.496 e. The van der Waals surface area contributed by atoms with Crippen LogP contribution < -0.4 is 10.5 Å². The van der Waals surface area contributed by atoms with Crippen LogP contribution in [0.15, 0.2) is 18.2 Å². The van der Waals surface area contributed by atoms with Gasteiger partial charge in [0.2, 0.25) is 0 Å². The highest BCUT2D eigenvalue weighted by molar-refractivity contribution is 5.37. The molecule has 0 atom stereocenters. The summed E-state index contributed by atoms with van der Waals surface area (Å²) in [6.45, 7) is 3.53. The van der Waals surface area contributed by atoms with Gasteiger partial charge in [-0.05, 0) is 25.1 Å². The molecule has 0 aliphatic heterocycles. The van der Waals surface area contributed by atoms with Gasteiger partial charge in [0, 0.05) is 18.8 Å². The maximum atomic E-state index is 5.57. The van der Waals surface area contributed by atoms with Gasteiger partial charge in [-0.25, -0.2) is 0 Å². The van der Waals surface area contributed by atoms with Crippen molar-refractivity contribution < 1.29 is 4.74 Å². The first-order valence-electron chi connectivity index (χ1n) is 5.25. The third-order valence-corrected chi connectivity index (χ3v) is 2.50. The lowest BCUT2D eigenvalue weighted by atomic mass is 10.1. The van der Waals surface area contributed by atoms with Crippen LogP contribution in [0.1, 0.15) is 18.1 Å². The molecular formula is C12H20N2O. The summed E-state index contributed by atoms with van der Waals surface area (Å²) in [4.78, 5) is 2.05. The van der Waals surface area contributed by atoms with Crippen molar-refractivity contribution in [3.05, 3.63) is 29.3 Å². The smallest absolute Gasteiger partial charge is 0.123 e. The number of rotatable bonds is 5. The van der Waals surface area contributed by atoms with Gasteiger partial charge in [0.25, 0.3) is 0 Å². The average molecular weight is 208 g/mol. The molecule has 0 saturated carbocycles. The van der Waals surface area contributed by atoms with Crippen molar-refractivity contribution in [2.45, 2.75) is 19.9 Å². The third-order valence-electron chi connectivity index (χ3n) is 2.50. The topological polar surface area (TPSA) is 38.5 Å². The quantitative estimate of drug-likeness (QED) is 0.747. The van der Waals surface area contributed by atoms with Gasteiger partial charge in [-0.2, -0.15) is 0 Å². The highest BCUT2D eigenvalue weighted by Crippen LogP contribution is 2.21. The molecule has 0 radical (unpaired) electrons. The number of hydrogen-bond donors (Lipinski definition) is 1. The lowest BCUT2D eigenvalue weighted by Gasteiger charge is -2.16. The van der Waals surface area contributed by atoms with Gasteiger partial charge in [0.1, 0.15) is 5.75 Å². The molecule has 0 amide bonds. The molecule has 3 nitrogen and oxygen atoms in total. The van der Waals surface area contributed by atoms with Crippen LogP contribution in [0.25, 0.3) is 0 Å². The maximum Gasteiger partial charge on any atom is 0.123 e. The summed E-state index contributed by atoms with van der Waals surface area (Å²) in [5.41, 5.74) is 8.10. The number of aryl methyl sites for hydroxylation is 1. The van der Waals surface area contributed by atoms with Crippen molar-refractivity contribution in [1.82, 2.24) is 4.90 Å². The van der Waals surface area contributed by atoms with E-state index in [-0.39, 0.29) is 0 Å². The van der Waals surface area contributed by atoms with Gasteiger partial charge in [0.05, 0.1) is 7.11 Å². The molecule has 0 aliphatic carbocycles. The molecule has 0 fully saturated rings. The molecule has 1 aromatic rings. The van der Waals surface area contributed by atoms with Gasteiger partial charge in [-0.3, -0.25) is 4.90 Å². The molecule has 0 unspecified atom stereocenters. The van der Waals surface area contributed by atoms with Crippen LogP contribution in [-0.2, 0) is 13.0 Å². The predicted molar refractivity (Wildman–Crippen MR) is 62.9 cm³/mol. The van der Waals surface area contributed by atoms with Crippen molar-refractivity contribution in [2.75, 3.05) is 20.8 Å². The SMILES string of the molecule is CCc1ccc(OC)c(CN(C)CN)c1. The Morgan fingerprint density at radius 1 is 1.40 bits per heavy atom. The first kappa shape index (κ1) is 12.0. The Morgan fingerprint density at radius 2 is 2.13 bits per heavy atom. The number of methoxy groups -OCH3 is 1. The maximum absolute atomic E-state index is 5.57. The predicted octanol–water partition coefficient (Wildman–Crippen LogP) is 1.61. The minimum atomic E-state index is 0.555. The lowest BCUT2D eigenvalue weighted by Crippen LogP contribution is -2.25. The first-order chi connectivity index (χ1) is 7.21. The molecule has 0 saturated heterocycles. The molecule has 1 rings (SSSR count). The summed E-state index contributed by atoms with van der Waals surface area (Å²) >= 11 is 0. The van der Waals surface area contributed by atoms with E-state index in [2.05, 4.69) is 24.0 Å². The van der Waals surface area contributed by atoms with Crippen molar-refractivity contribution >= 4 is 0 Å². The molecule has 2 N–H and O–H groups in total. The van der Waals surface area contributed by atoms with Gasteiger partial charge >= 0.3 is 0 Å². The van der Waals surface area contributed by atoms with Crippen molar-refractivity contribution in [3.63, 3.8) is 0 Å². The van der Waals surface area contributed by atoms with Gasteiger partial charge < -0.3 is 10.5 Å². The van der Waals surface area contributed by atoms with E-state index in [1.165, 1.54) is 11.1 Å². The summed E-state index contributed by atoms with van der Waals surface area (Å²) in [5, 5.41) is 0. The molecule has 0 heterocycles. The van der Waals surface area contributed by atoms with Crippen LogP contribution in [0.2, 0.25) is 0 Å². The Balaban J connectivity index is 2.90. The Kier molecular flexibility index (Phi) is 4.59. The van der Waals surface area contributed by atoms with Crippen LogP contribution in [-0.4, -0.2) is 25.7 Å². The highest BCUT2D eigenvalue weighted by Gasteiger charge is 2.05. The second-order valence-electron chi connectivity index (χ2n) is 3.70. The van der Waals surface area contributed by atoms with E-state index in [1.807, 2.05) is 13.1 Å². The van der Waals surface area contributed by atoms with E-state index in [0.717, 1.165) is 18.7 Å².